The minimum atomic E-state index is -0.00398. The maximum Gasteiger partial charge on any atom is 0.174 e. The molecule has 0 saturated carbocycles. The van der Waals surface area contributed by atoms with Gasteiger partial charge in [0, 0.05) is 6.04 Å². The summed E-state index contributed by atoms with van der Waals surface area (Å²) in [6.45, 7) is 1.95. The standard InChI is InChI=1S/C11H17NO2S/c1-7(12)8-5-9(13-2)11(14-3)10(6-8)15-4/h5-7H,12H2,1-4H3. The first-order valence-electron chi connectivity index (χ1n) is 4.69. The molecule has 3 nitrogen and oxygen atoms in total. The molecule has 1 rings (SSSR count). The van der Waals surface area contributed by atoms with Crippen LogP contribution >= 0.6 is 11.8 Å². The van der Waals surface area contributed by atoms with Crippen molar-refractivity contribution in [2.75, 3.05) is 20.5 Å². The van der Waals surface area contributed by atoms with E-state index in [9.17, 15) is 0 Å². The van der Waals surface area contributed by atoms with Gasteiger partial charge in [0.25, 0.3) is 0 Å². The van der Waals surface area contributed by atoms with Gasteiger partial charge in [-0.3, -0.25) is 0 Å². The molecular formula is C11H17NO2S. The molecule has 15 heavy (non-hydrogen) atoms. The molecule has 0 bridgehead atoms. The molecule has 0 fully saturated rings. The summed E-state index contributed by atoms with van der Waals surface area (Å²) in [5, 5.41) is 0. The number of hydrogen-bond acceptors (Lipinski definition) is 4. The molecule has 0 amide bonds. The monoisotopic (exact) mass is 227 g/mol. The van der Waals surface area contributed by atoms with Crippen LogP contribution in [0.4, 0.5) is 0 Å². The van der Waals surface area contributed by atoms with Crippen molar-refractivity contribution in [3.63, 3.8) is 0 Å². The van der Waals surface area contributed by atoms with E-state index in [1.54, 1.807) is 26.0 Å². The zero-order valence-electron chi connectivity index (χ0n) is 9.53. The Hall–Kier alpha value is -0.870. The van der Waals surface area contributed by atoms with E-state index in [0.29, 0.717) is 0 Å². The smallest absolute Gasteiger partial charge is 0.174 e. The van der Waals surface area contributed by atoms with Gasteiger partial charge in [0.1, 0.15) is 0 Å². The number of nitrogens with two attached hydrogens (primary N) is 1. The molecule has 4 heteroatoms. The molecule has 0 aliphatic rings. The van der Waals surface area contributed by atoms with Gasteiger partial charge in [-0.15, -0.1) is 11.8 Å². The first-order chi connectivity index (χ1) is 7.13. The first kappa shape index (κ1) is 12.2. The molecule has 0 spiro atoms. The molecule has 0 radical (unpaired) electrons. The number of hydrogen-bond donors (Lipinski definition) is 1. The maximum atomic E-state index is 5.85. The van der Waals surface area contributed by atoms with Crippen LogP contribution in [0, 0.1) is 0 Å². The number of methoxy groups -OCH3 is 2. The Kier molecular flexibility index (Phi) is 4.29. The Morgan fingerprint density at radius 1 is 1.27 bits per heavy atom. The minimum Gasteiger partial charge on any atom is -0.493 e. The van der Waals surface area contributed by atoms with Gasteiger partial charge in [0.05, 0.1) is 19.1 Å². The van der Waals surface area contributed by atoms with Gasteiger partial charge in [0.15, 0.2) is 11.5 Å². The van der Waals surface area contributed by atoms with Gasteiger partial charge in [-0.05, 0) is 30.9 Å². The summed E-state index contributed by atoms with van der Waals surface area (Å²) in [5.41, 5.74) is 6.90. The van der Waals surface area contributed by atoms with E-state index >= 15 is 0 Å². The average Bonchev–Trinajstić information content (AvgIpc) is 2.26. The molecule has 0 aromatic heterocycles. The number of benzene rings is 1. The third kappa shape index (κ3) is 2.58. The fourth-order valence-corrected chi connectivity index (χ4v) is 1.99. The van der Waals surface area contributed by atoms with Crippen LogP contribution in [-0.4, -0.2) is 20.5 Å². The van der Waals surface area contributed by atoms with Crippen LogP contribution in [-0.2, 0) is 0 Å². The highest BCUT2D eigenvalue weighted by atomic mass is 32.2. The molecule has 1 aromatic rings. The second kappa shape index (κ2) is 5.28. The number of thioether (sulfide) groups is 1. The average molecular weight is 227 g/mol. The van der Waals surface area contributed by atoms with E-state index in [1.807, 2.05) is 25.3 Å². The molecule has 0 heterocycles. The second-order valence-electron chi connectivity index (χ2n) is 3.25. The van der Waals surface area contributed by atoms with E-state index in [2.05, 4.69) is 0 Å². The Bertz CT molecular complexity index is 314. The molecule has 2 N–H and O–H groups in total. The lowest BCUT2D eigenvalue weighted by atomic mass is 10.1. The summed E-state index contributed by atoms with van der Waals surface area (Å²) in [7, 11) is 3.27. The van der Waals surface area contributed by atoms with Gasteiger partial charge in [0.2, 0.25) is 0 Å². The van der Waals surface area contributed by atoms with E-state index < -0.39 is 0 Å². The summed E-state index contributed by atoms with van der Waals surface area (Å²) >= 11 is 1.62. The van der Waals surface area contributed by atoms with Gasteiger partial charge in [-0.25, -0.2) is 0 Å². The normalized spacial score (nSPS) is 12.3. The first-order valence-corrected chi connectivity index (χ1v) is 5.92. The third-order valence-electron chi connectivity index (χ3n) is 2.21. The third-order valence-corrected chi connectivity index (χ3v) is 2.96. The van der Waals surface area contributed by atoms with Crippen molar-refractivity contribution in [2.45, 2.75) is 17.9 Å². The van der Waals surface area contributed by atoms with Crippen molar-refractivity contribution in [3.05, 3.63) is 17.7 Å². The molecule has 1 unspecified atom stereocenters. The largest absolute Gasteiger partial charge is 0.493 e. The fraction of sp³-hybridized carbons (Fsp3) is 0.455. The summed E-state index contributed by atoms with van der Waals surface area (Å²) in [5.74, 6) is 1.51. The fourth-order valence-electron chi connectivity index (χ4n) is 1.36. The number of rotatable bonds is 4. The van der Waals surface area contributed by atoms with Crippen LogP contribution < -0.4 is 15.2 Å². The van der Waals surface area contributed by atoms with E-state index in [1.165, 1.54) is 0 Å². The van der Waals surface area contributed by atoms with E-state index in [4.69, 9.17) is 15.2 Å². The lowest BCUT2D eigenvalue weighted by molar-refractivity contribution is 0.347. The highest BCUT2D eigenvalue weighted by molar-refractivity contribution is 7.98. The molecule has 0 saturated heterocycles. The summed E-state index contributed by atoms with van der Waals surface area (Å²) in [4.78, 5) is 1.05. The van der Waals surface area contributed by atoms with Gasteiger partial charge >= 0.3 is 0 Å². The lowest BCUT2D eigenvalue weighted by Crippen LogP contribution is -2.06. The van der Waals surface area contributed by atoms with Crippen molar-refractivity contribution >= 4 is 11.8 Å². The minimum absolute atomic E-state index is 0.00398. The van der Waals surface area contributed by atoms with Crippen LogP contribution in [0.5, 0.6) is 11.5 Å². The molecule has 0 aliphatic heterocycles. The zero-order valence-corrected chi connectivity index (χ0v) is 10.4. The Labute approximate surface area is 94.9 Å². The topological polar surface area (TPSA) is 44.5 Å². The van der Waals surface area contributed by atoms with Gasteiger partial charge in [-0.2, -0.15) is 0 Å². The second-order valence-corrected chi connectivity index (χ2v) is 4.10. The van der Waals surface area contributed by atoms with Crippen molar-refractivity contribution in [2.24, 2.45) is 5.73 Å². The molecule has 1 aromatic carbocycles. The molecule has 0 aliphatic carbocycles. The van der Waals surface area contributed by atoms with Crippen LogP contribution in [0.15, 0.2) is 17.0 Å². The van der Waals surface area contributed by atoms with Crippen molar-refractivity contribution in [3.8, 4) is 11.5 Å². The van der Waals surface area contributed by atoms with Gasteiger partial charge < -0.3 is 15.2 Å². The van der Waals surface area contributed by atoms with Gasteiger partial charge in [-0.1, -0.05) is 0 Å². The Morgan fingerprint density at radius 2 is 1.93 bits per heavy atom. The lowest BCUT2D eigenvalue weighted by Gasteiger charge is -2.15. The SMILES string of the molecule is COc1cc(C(C)N)cc(SC)c1OC. The molecule has 84 valence electrons. The van der Waals surface area contributed by atoms with Crippen molar-refractivity contribution in [1.82, 2.24) is 0 Å². The highest BCUT2D eigenvalue weighted by Gasteiger charge is 2.13. The maximum absolute atomic E-state index is 5.85. The summed E-state index contributed by atoms with van der Waals surface area (Å²) < 4.78 is 10.6. The Balaban J connectivity index is 3.29. The van der Waals surface area contributed by atoms with Crippen LogP contribution in [0.25, 0.3) is 0 Å². The Morgan fingerprint density at radius 3 is 2.33 bits per heavy atom. The highest BCUT2D eigenvalue weighted by Crippen LogP contribution is 2.38. The predicted molar refractivity (Wildman–Crippen MR) is 63.9 cm³/mol. The van der Waals surface area contributed by atoms with Crippen LogP contribution in [0.2, 0.25) is 0 Å². The summed E-state index contributed by atoms with van der Waals surface area (Å²) in [6, 6.07) is 3.95. The van der Waals surface area contributed by atoms with Crippen LogP contribution in [0.1, 0.15) is 18.5 Å². The number of ether oxygens (including phenoxy) is 2. The zero-order chi connectivity index (χ0) is 11.4. The van der Waals surface area contributed by atoms with E-state index in [-0.39, 0.29) is 6.04 Å². The molecule has 1 atom stereocenters. The van der Waals surface area contributed by atoms with Crippen LogP contribution in [0.3, 0.4) is 0 Å². The quantitative estimate of drug-likeness (QED) is 0.802. The van der Waals surface area contributed by atoms with Crippen molar-refractivity contribution in [1.29, 1.82) is 0 Å². The molecular weight excluding hydrogens is 210 g/mol. The summed E-state index contributed by atoms with van der Waals surface area (Å²) in [6.07, 6.45) is 2.00. The van der Waals surface area contributed by atoms with E-state index in [0.717, 1.165) is 22.0 Å². The predicted octanol–water partition coefficient (Wildman–Crippen LogP) is 2.45. The van der Waals surface area contributed by atoms with Crippen molar-refractivity contribution < 1.29 is 9.47 Å².